The zero-order chi connectivity index (χ0) is 14.7. The molecule has 1 aliphatic heterocycles. The summed E-state index contributed by atoms with van der Waals surface area (Å²) < 4.78 is 0. The molecule has 0 amide bonds. The van der Waals surface area contributed by atoms with Gasteiger partial charge in [0.25, 0.3) is 0 Å². The van der Waals surface area contributed by atoms with Crippen LogP contribution in [0.4, 0.5) is 11.8 Å². The summed E-state index contributed by atoms with van der Waals surface area (Å²) in [5.41, 5.74) is 0.932. The second kappa shape index (κ2) is 7.58. The Morgan fingerprint density at radius 3 is 2.59 bits per heavy atom. The van der Waals surface area contributed by atoms with E-state index in [0.29, 0.717) is 6.54 Å². The molecule has 6 nitrogen and oxygen atoms in total. The van der Waals surface area contributed by atoms with Crippen LogP contribution in [0, 0.1) is 0 Å². The van der Waals surface area contributed by atoms with E-state index >= 15 is 0 Å². The van der Waals surface area contributed by atoms with Gasteiger partial charge in [0.05, 0.1) is 12.1 Å². The zero-order valence-corrected chi connectivity index (χ0v) is 13.5. The summed E-state index contributed by atoms with van der Waals surface area (Å²) in [6.45, 7) is 4.50. The van der Waals surface area contributed by atoms with Gasteiger partial charge in [0.1, 0.15) is 5.82 Å². The maximum absolute atomic E-state index is 9.02. The number of para-hydroxylation sites is 1. The van der Waals surface area contributed by atoms with Crippen molar-refractivity contribution in [2.24, 2.45) is 0 Å². The number of aromatic nitrogens is 2. The van der Waals surface area contributed by atoms with Crippen LogP contribution in [0.5, 0.6) is 0 Å². The van der Waals surface area contributed by atoms with Gasteiger partial charge in [0, 0.05) is 38.1 Å². The molecule has 0 radical (unpaired) electrons. The Morgan fingerprint density at radius 2 is 1.86 bits per heavy atom. The SMILES string of the molecule is CN1CCN(c2nc(NCCO)c3ccccc3n2)CC1.Cl. The lowest BCUT2D eigenvalue weighted by atomic mass is 10.2. The Hall–Kier alpha value is -1.63. The average molecular weight is 324 g/mol. The number of hydrogen-bond donors (Lipinski definition) is 2. The highest BCUT2D eigenvalue weighted by molar-refractivity contribution is 5.90. The topological polar surface area (TPSA) is 64.5 Å². The van der Waals surface area contributed by atoms with Crippen LogP contribution in [-0.4, -0.2) is 66.4 Å². The first-order valence-electron chi connectivity index (χ1n) is 7.33. The fourth-order valence-electron chi connectivity index (χ4n) is 2.52. The second-order valence-corrected chi connectivity index (χ2v) is 5.33. The van der Waals surface area contributed by atoms with Crippen molar-refractivity contribution in [1.29, 1.82) is 0 Å². The molecule has 22 heavy (non-hydrogen) atoms. The maximum Gasteiger partial charge on any atom is 0.227 e. The van der Waals surface area contributed by atoms with Crippen LogP contribution in [0.3, 0.4) is 0 Å². The monoisotopic (exact) mass is 323 g/mol. The molecule has 7 heteroatoms. The first-order chi connectivity index (χ1) is 10.3. The second-order valence-electron chi connectivity index (χ2n) is 5.33. The molecular formula is C15H22ClN5O. The minimum Gasteiger partial charge on any atom is -0.395 e. The van der Waals surface area contributed by atoms with Crippen molar-refractivity contribution < 1.29 is 5.11 Å². The van der Waals surface area contributed by atoms with Gasteiger partial charge in [-0.2, -0.15) is 4.98 Å². The van der Waals surface area contributed by atoms with E-state index in [2.05, 4.69) is 32.1 Å². The largest absolute Gasteiger partial charge is 0.395 e. The van der Waals surface area contributed by atoms with Crippen LogP contribution in [-0.2, 0) is 0 Å². The normalized spacial score (nSPS) is 15.6. The molecular weight excluding hydrogens is 302 g/mol. The van der Waals surface area contributed by atoms with Crippen LogP contribution in [0.25, 0.3) is 10.9 Å². The third kappa shape index (κ3) is 3.58. The van der Waals surface area contributed by atoms with E-state index in [-0.39, 0.29) is 19.0 Å². The number of fused-ring (bicyclic) bond motifs is 1. The van der Waals surface area contributed by atoms with Crippen LogP contribution in [0.15, 0.2) is 24.3 Å². The number of halogens is 1. The summed E-state index contributed by atoms with van der Waals surface area (Å²) in [6, 6.07) is 7.97. The molecule has 1 fully saturated rings. The molecule has 2 aromatic rings. The Kier molecular flexibility index (Phi) is 5.76. The summed E-state index contributed by atoms with van der Waals surface area (Å²) in [6.07, 6.45) is 0. The lowest BCUT2D eigenvalue weighted by Crippen LogP contribution is -2.45. The Labute approximate surface area is 136 Å². The zero-order valence-electron chi connectivity index (χ0n) is 12.7. The number of rotatable bonds is 4. The van der Waals surface area contributed by atoms with Gasteiger partial charge in [-0.25, -0.2) is 4.98 Å². The molecule has 120 valence electrons. The first-order valence-corrected chi connectivity index (χ1v) is 7.33. The number of likely N-dealkylation sites (N-methyl/N-ethyl adjacent to an activating group) is 1. The van der Waals surface area contributed by atoms with Crippen molar-refractivity contribution in [3.8, 4) is 0 Å². The van der Waals surface area contributed by atoms with Gasteiger partial charge in [-0.15, -0.1) is 12.4 Å². The summed E-state index contributed by atoms with van der Waals surface area (Å²) >= 11 is 0. The average Bonchev–Trinajstić information content (AvgIpc) is 2.53. The molecule has 0 aliphatic carbocycles. The summed E-state index contributed by atoms with van der Waals surface area (Å²) in [7, 11) is 2.13. The van der Waals surface area contributed by atoms with Crippen molar-refractivity contribution >= 4 is 35.1 Å². The number of aliphatic hydroxyl groups is 1. The van der Waals surface area contributed by atoms with E-state index in [4.69, 9.17) is 5.11 Å². The van der Waals surface area contributed by atoms with Gasteiger partial charge in [-0.3, -0.25) is 0 Å². The third-order valence-electron chi connectivity index (χ3n) is 3.78. The van der Waals surface area contributed by atoms with Gasteiger partial charge >= 0.3 is 0 Å². The van der Waals surface area contributed by atoms with E-state index < -0.39 is 0 Å². The molecule has 1 aromatic carbocycles. The maximum atomic E-state index is 9.02. The fraction of sp³-hybridized carbons (Fsp3) is 0.467. The Morgan fingerprint density at radius 1 is 1.14 bits per heavy atom. The minimum absolute atomic E-state index is 0. The van der Waals surface area contributed by atoms with Gasteiger partial charge in [-0.1, -0.05) is 12.1 Å². The summed E-state index contributed by atoms with van der Waals surface area (Å²) in [5.74, 6) is 1.56. The summed E-state index contributed by atoms with van der Waals surface area (Å²) in [5, 5.41) is 13.2. The van der Waals surface area contributed by atoms with Gasteiger partial charge in [0.15, 0.2) is 0 Å². The van der Waals surface area contributed by atoms with E-state index in [1.807, 2.05) is 24.3 Å². The smallest absolute Gasteiger partial charge is 0.227 e. The fourth-order valence-corrected chi connectivity index (χ4v) is 2.52. The Bertz CT molecular complexity index is 616. The van der Waals surface area contributed by atoms with Crippen molar-refractivity contribution in [3.05, 3.63) is 24.3 Å². The highest BCUT2D eigenvalue weighted by atomic mass is 35.5. The lowest BCUT2D eigenvalue weighted by molar-refractivity contribution is 0.310. The molecule has 0 spiro atoms. The van der Waals surface area contributed by atoms with Crippen molar-refractivity contribution in [2.75, 3.05) is 56.6 Å². The van der Waals surface area contributed by atoms with Crippen molar-refractivity contribution in [1.82, 2.24) is 14.9 Å². The third-order valence-corrected chi connectivity index (χ3v) is 3.78. The predicted molar refractivity (Wildman–Crippen MR) is 92.1 cm³/mol. The van der Waals surface area contributed by atoms with Crippen molar-refractivity contribution in [2.45, 2.75) is 0 Å². The highest BCUT2D eigenvalue weighted by Crippen LogP contribution is 2.23. The quantitative estimate of drug-likeness (QED) is 0.881. The van der Waals surface area contributed by atoms with E-state index in [1.54, 1.807) is 0 Å². The molecule has 0 saturated carbocycles. The molecule has 1 saturated heterocycles. The number of aliphatic hydroxyl groups excluding tert-OH is 1. The minimum atomic E-state index is 0. The lowest BCUT2D eigenvalue weighted by Gasteiger charge is -2.32. The van der Waals surface area contributed by atoms with Gasteiger partial charge in [0.2, 0.25) is 5.95 Å². The van der Waals surface area contributed by atoms with Gasteiger partial charge in [-0.05, 0) is 19.2 Å². The number of piperazine rings is 1. The summed E-state index contributed by atoms with van der Waals surface area (Å²) in [4.78, 5) is 13.9. The molecule has 0 bridgehead atoms. The number of nitrogens with one attached hydrogen (secondary N) is 1. The van der Waals surface area contributed by atoms with E-state index in [9.17, 15) is 0 Å². The molecule has 2 heterocycles. The molecule has 1 aliphatic rings. The molecule has 0 unspecified atom stereocenters. The van der Waals surface area contributed by atoms with Crippen LogP contribution in [0.1, 0.15) is 0 Å². The van der Waals surface area contributed by atoms with Crippen LogP contribution in [0.2, 0.25) is 0 Å². The highest BCUT2D eigenvalue weighted by Gasteiger charge is 2.18. The molecule has 1 aromatic heterocycles. The standard InChI is InChI=1S/C15H21N5O.ClH/c1-19-7-9-20(10-8-19)15-17-13-5-3-2-4-12(13)14(18-15)16-6-11-21;/h2-5,21H,6-11H2,1H3,(H,16,17,18);1H. The van der Waals surface area contributed by atoms with E-state index in [0.717, 1.165) is 48.8 Å². The number of hydrogen-bond acceptors (Lipinski definition) is 6. The number of anilines is 2. The predicted octanol–water partition coefficient (Wildman–Crippen LogP) is 1.21. The molecule has 2 N–H and O–H groups in total. The number of nitrogens with zero attached hydrogens (tertiary/aromatic N) is 4. The van der Waals surface area contributed by atoms with E-state index in [1.165, 1.54) is 0 Å². The number of benzene rings is 1. The van der Waals surface area contributed by atoms with Crippen LogP contribution < -0.4 is 10.2 Å². The Balaban J connectivity index is 0.00000176. The first kappa shape index (κ1) is 16.7. The molecule has 3 rings (SSSR count). The molecule has 0 atom stereocenters. The van der Waals surface area contributed by atoms with Crippen molar-refractivity contribution in [3.63, 3.8) is 0 Å². The van der Waals surface area contributed by atoms with Gasteiger partial charge < -0.3 is 20.2 Å². The van der Waals surface area contributed by atoms with Crippen LogP contribution >= 0.6 is 12.4 Å².